The molecule has 0 radical (unpaired) electrons. The number of amides is 1. The van der Waals surface area contributed by atoms with Gasteiger partial charge in [-0.1, -0.05) is 29.8 Å². The van der Waals surface area contributed by atoms with E-state index in [0.29, 0.717) is 34.4 Å². The highest BCUT2D eigenvalue weighted by Crippen LogP contribution is 2.36. The molecule has 0 aliphatic rings. The van der Waals surface area contributed by atoms with Gasteiger partial charge in [-0.2, -0.15) is 0 Å². The minimum absolute atomic E-state index is 0.360. The molecule has 27 heavy (non-hydrogen) atoms. The van der Waals surface area contributed by atoms with E-state index in [1.807, 2.05) is 13.0 Å². The maximum Gasteiger partial charge on any atom is 0.331 e. The van der Waals surface area contributed by atoms with Gasteiger partial charge in [-0.05, 0) is 42.8 Å². The highest BCUT2D eigenvalue weighted by molar-refractivity contribution is 6.32. The van der Waals surface area contributed by atoms with Crippen LogP contribution in [0.1, 0.15) is 12.5 Å². The minimum atomic E-state index is -0.650. The van der Waals surface area contributed by atoms with Gasteiger partial charge in [-0.3, -0.25) is 4.79 Å². The van der Waals surface area contributed by atoms with Crippen LogP contribution in [0.25, 0.3) is 6.08 Å². The molecule has 6 nitrogen and oxygen atoms in total. The fourth-order valence-corrected chi connectivity index (χ4v) is 2.51. The number of hydrogen-bond acceptors (Lipinski definition) is 5. The standard InChI is InChI=1S/C20H20ClNO5/c1-3-26-17-12-14(11-16(21)20(17)25-2)9-10-19(24)27-13-18(23)22-15-7-5-4-6-8-15/h4-12H,3,13H2,1-2H3,(H,22,23)/b10-9+. The molecule has 0 heterocycles. The zero-order valence-electron chi connectivity index (χ0n) is 15.0. The van der Waals surface area contributed by atoms with Crippen LogP contribution >= 0.6 is 11.6 Å². The number of nitrogens with one attached hydrogen (secondary N) is 1. The molecule has 142 valence electrons. The van der Waals surface area contributed by atoms with Crippen molar-refractivity contribution >= 4 is 35.2 Å². The van der Waals surface area contributed by atoms with Gasteiger partial charge < -0.3 is 19.5 Å². The number of esters is 1. The van der Waals surface area contributed by atoms with Crippen LogP contribution in [0.2, 0.25) is 5.02 Å². The number of rotatable bonds is 8. The second kappa shape index (κ2) is 10.2. The molecule has 0 saturated heterocycles. The highest BCUT2D eigenvalue weighted by Gasteiger charge is 2.11. The smallest absolute Gasteiger partial charge is 0.331 e. The topological polar surface area (TPSA) is 73.9 Å². The fourth-order valence-electron chi connectivity index (χ4n) is 2.21. The van der Waals surface area contributed by atoms with E-state index in [4.69, 9.17) is 25.8 Å². The van der Waals surface area contributed by atoms with Gasteiger partial charge in [-0.15, -0.1) is 0 Å². The first-order chi connectivity index (χ1) is 13.0. The fraction of sp³-hybridized carbons (Fsp3) is 0.200. The van der Waals surface area contributed by atoms with E-state index in [2.05, 4.69) is 5.32 Å². The normalized spacial score (nSPS) is 10.5. The van der Waals surface area contributed by atoms with E-state index in [1.165, 1.54) is 19.3 Å². The third-order valence-corrected chi connectivity index (χ3v) is 3.63. The summed E-state index contributed by atoms with van der Waals surface area (Å²) in [5.41, 5.74) is 1.26. The van der Waals surface area contributed by atoms with E-state index < -0.39 is 11.9 Å². The Balaban J connectivity index is 1.93. The summed E-state index contributed by atoms with van der Waals surface area (Å²) in [4.78, 5) is 23.6. The first-order valence-corrected chi connectivity index (χ1v) is 8.61. The summed E-state index contributed by atoms with van der Waals surface area (Å²) in [5, 5.41) is 2.98. The van der Waals surface area contributed by atoms with Crippen LogP contribution in [-0.4, -0.2) is 32.2 Å². The van der Waals surface area contributed by atoms with Gasteiger partial charge >= 0.3 is 5.97 Å². The van der Waals surface area contributed by atoms with E-state index in [9.17, 15) is 9.59 Å². The van der Waals surface area contributed by atoms with E-state index in [0.717, 1.165) is 0 Å². The summed E-state index contributed by atoms with van der Waals surface area (Å²) in [6.07, 6.45) is 2.73. The van der Waals surface area contributed by atoms with Gasteiger partial charge in [0, 0.05) is 11.8 Å². The molecule has 0 aromatic heterocycles. The SMILES string of the molecule is CCOc1cc(/C=C/C(=O)OCC(=O)Nc2ccccc2)cc(Cl)c1OC. The van der Waals surface area contributed by atoms with Crippen molar-refractivity contribution in [3.05, 3.63) is 59.1 Å². The maximum absolute atomic E-state index is 11.8. The van der Waals surface area contributed by atoms with Crippen LogP contribution in [-0.2, 0) is 14.3 Å². The van der Waals surface area contributed by atoms with Crippen molar-refractivity contribution in [3.8, 4) is 11.5 Å². The number of benzene rings is 2. The lowest BCUT2D eigenvalue weighted by atomic mass is 10.2. The molecular formula is C20H20ClNO5. The van der Waals surface area contributed by atoms with Gasteiger partial charge in [0.1, 0.15) is 0 Å². The number of para-hydroxylation sites is 1. The summed E-state index contributed by atoms with van der Waals surface area (Å²) < 4.78 is 15.6. The molecule has 1 N–H and O–H groups in total. The van der Waals surface area contributed by atoms with Gasteiger partial charge in [0.25, 0.3) is 5.91 Å². The van der Waals surface area contributed by atoms with Gasteiger partial charge in [0.15, 0.2) is 18.1 Å². The van der Waals surface area contributed by atoms with Crippen molar-refractivity contribution < 1.29 is 23.8 Å². The molecule has 1 amide bonds. The van der Waals surface area contributed by atoms with Gasteiger partial charge in [-0.25, -0.2) is 4.79 Å². The number of anilines is 1. The molecule has 0 saturated carbocycles. The zero-order valence-corrected chi connectivity index (χ0v) is 15.8. The Labute approximate surface area is 162 Å². The average Bonchev–Trinajstić information content (AvgIpc) is 2.66. The van der Waals surface area contributed by atoms with Gasteiger partial charge in [0.05, 0.1) is 18.7 Å². The summed E-state index contributed by atoms with van der Waals surface area (Å²) in [7, 11) is 1.50. The first-order valence-electron chi connectivity index (χ1n) is 8.23. The van der Waals surface area contributed by atoms with Crippen molar-refractivity contribution in [2.75, 3.05) is 25.6 Å². The molecule has 7 heteroatoms. The van der Waals surface area contributed by atoms with Crippen molar-refractivity contribution in [2.45, 2.75) is 6.92 Å². The van der Waals surface area contributed by atoms with Crippen LogP contribution in [0.3, 0.4) is 0 Å². The summed E-state index contributed by atoms with van der Waals surface area (Å²) in [5.74, 6) is -0.171. The number of methoxy groups -OCH3 is 1. The first kappa shape index (κ1) is 20.3. The van der Waals surface area contributed by atoms with Crippen LogP contribution in [0.15, 0.2) is 48.5 Å². The number of carbonyl (C=O) groups is 2. The van der Waals surface area contributed by atoms with E-state index in [-0.39, 0.29) is 6.61 Å². The molecule has 2 rings (SSSR count). The van der Waals surface area contributed by atoms with E-state index >= 15 is 0 Å². The number of carbonyl (C=O) groups excluding carboxylic acids is 2. The molecule has 2 aromatic rings. The Bertz CT molecular complexity index is 821. The third kappa shape index (κ3) is 6.34. The monoisotopic (exact) mass is 389 g/mol. The molecule has 2 aromatic carbocycles. The van der Waals surface area contributed by atoms with Crippen LogP contribution in [0.5, 0.6) is 11.5 Å². The molecule has 0 bridgehead atoms. The number of halogens is 1. The highest BCUT2D eigenvalue weighted by atomic mass is 35.5. The summed E-state index contributed by atoms with van der Waals surface area (Å²) >= 11 is 6.16. The molecule has 0 unspecified atom stereocenters. The van der Waals surface area contributed by atoms with Crippen molar-refractivity contribution in [1.29, 1.82) is 0 Å². The molecule has 0 aliphatic heterocycles. The second-order valence-electron chi connectivity index (χ2n) is 5.32. The summed E-state index contributed by atoms with van der Waals surface area (Å²) in [6, 6.07) is 12.2. The molecule has 0 spiro atoms. The summed E-state index contributed by atoms with van der Waals surface area (Å²) in [6.45, 7) is 1.90. The Morgan fingerprint density at radius 2 is 1.93 bits per heavy atom. The lowest BCUT2D eigenvalue weighted by molar-refractivity contribution is -0.142. The molecule has 0 fully saturated rings. The lowest BCUT2D eigenvalue weighted by Gasteiger charge is -2.11. The lowest BCUT2D eigenvalue weighted by Crippen LogP contribution is -2.20. The van der Waals surface area contributed by atoms with Crippen molar-refractivity contribution in [1.82, 2.24) is 0 Å². The largest absolute Gasteiger partial charge is 0.491 e. The predicted octanol–water partition coefficient (Wildman–Crippen LogP) is 3.94. The predicted molar refractivity (Wildman–Crippen MR) is 104 cm³/mol. The quantitative estimate of drug-likeness (QED) is 0.546. The maximum atomic E-state index is 11.8. The number of hydrogen-bond donors (Lipinski definition) is 1. The minimum Gasteiger partial charge on any atom is -0.491 e. The Hall–Kier alpha value is -2.99. The van der Waals surface area contributed by atoms with Crippen LogP contribution in [0.4, 0.5) is 5.69 Å². The van der Waals surface area contributed by atoms with Crippen molar-refractivity contribution in [3.63, 3.8) is 0 Å². The van der Waals surface area contributed by atoms with E-state index in [1.54, 1.807) is 36.4 Å². The second-order valence-corrected chi connectivity index (χ2v) is 5.73. The Morgan fingerprint density at radius 3 is 2.59 bits per heavy atom. The molecule has 0 atom stereocenters. The third-order valence-electron chi connectivity index (χ3n) is 3.35. The Morgan fingerprint density at radius 1 is 1.19 bits per heavy atom. The molecule has 0 aliphatic carbocycles. The van der Waals surface area contributed by atoms with Crippen molar-refractivity contribution in [2.24, 2.45) is 0 Å². The Kier molecular flexibility index (Phi) is 7.70. The zero-order chi connectivity index (χ0) is 19.6. The van der Waals surface area contributed by atoms with Crippen LogP contribution < -0.4 is 14.8 Å². The average molecular weight is 390 g/mol. The van der Waals surface area contributed by atoms with Gasteiger partial charge in [0.2, 0.25) is 0 Å². The van der Waals surface area contributed by atoms with Crippen LogP contribution in [0, 0.1) is 0 Å². The molecular weight excluding hydrogens is 370 g/mol. The number of ether oxygens (including phenoxy) is 3.